The molecule has 0 atom stereocenters. The summed E-state index contributed by atoms with van der Waals surface area (Å²) in [6.07, 6.45) is -4.51. The Balaban J connectivity index is 1.62. The van der Waals surface area contributed by atoms with Gasteiger partial charge in [-0.05, 0) is 35.9 Å². The van der Waals surface area contributed by atoms with Crippen molar-refractivity contribution >= 4 is 16.6 Å². The van der Waals surface area contributed by atoms with Crippen LogP contribution in [0.4, 0.5) is 18.9 Å². The third kappa shape index (κ3) is 4.77. The van der Waals surface area contributed by atoms with Gasteiger partial charge in [-0.1, -0.05) is 60.7 Å². The van der Waals surface area contributed by atoms with E-state index in [4.69, 9.17) is 4.74 Å². The van der Waals surface area contributed by atoms with Crippen molar-refractivity contribution in [3.63, 3.8) is 0 Å². The molecule has 0 N–H and O–H groups in total. The molecule has 0 unspecified atom stereocenters. The quantitative estimate of drug-likeness (QED) is 0.247. The smallest absolute Gasteiger partial charge is 0.418 e. The van der Waals surface area contributed by atoms with Crippen molar-refractivity contribution in [1.29, 1.82) is 0 Å². The first-order chi connectivity index (χ1) is 17.3. The molecule has 0 aliphatic heterocycles. The predicted octanol–water partition coefficient (Wildman–Crippen LogP) is 7.63. The number of benzene rings is 4. The highest BCUT2D eigenvalue weighted by Gasteiger charge is 2.34. The van der Waals surface area contributed by atoms with Gasteiger partial charge in [-0.25, -0.2) is 0 Å². The zero-order chi connectivity index (χ0) is 25.3. The van der Waals surface area contributed by atoms with Crippen LogP contribution in [0.5, 0.6) is 11.5 Å². The van der Waals surface area contributed by atoms with Gasteiger partial charge in [0, 0.05) is 36.8 Å². The van der Waals surface area contributed by atoms with E-state index >= 15 is 0 Å². The SMILES string of the molecule is CN(C)c1cccc(Oc2cccc(-c3c4cccc(C(F)(F)F)c4nn3Cc3ccccc3)c2)c1. The first kappa shape index (κ1) is 23.5. The molecule has 0 bridgehead atoms. The number of ether oxygens (including phenoxy) is 1. The predicted molar refractivity (Wildman–Crippen MR) is 137 cm³/mol. The van der Waals surface area contributed by atoms with Crippen LogP contribution >= 0.6 is 0 Å². The van der Waals surface area contributed by atoms with Gasteiger partial charge in [0.2, 0.25) is 0 Å². The van der Waals surface area contributed by atoms with Crippen LogP contribution in [0.15, 0.2) is 97.1 Å². The number of alkyl halides is 3. The Morgan fingerprint density at radius 3 is 2.22 bits per heavy atom. The van der Waals surface area contributed by atoms with E-state index in [1.165, 1.54) is 6.07 Å². The lowest BCUT2D eigenvalue weighted by atomic mass is 10.0. The molecule has 5 rings (SSSR count). The van der Waals surface area contributed by atoms with Crippen LogP contribution in [0.2, 0.25) is 0 Å². The van der Waals surface area contributed by atoms with E-state index < -0.39 is 11.7 Å². The topological polar surface area (TPSA) is 30.3 Å². The molecule has 0 radical (unpaired) electrons. The fraction of sp³-hybridized carbons (Fsp3) is 0.138. The molecule has 1 aromatic heterocycles. The Kier molecular flexibility index (Phi) is 6.14. The Hall–Kier alpha value is -4.26. The second-order valence-corrected chi connectivity index (χ2v) is 8.71. The molecule has 0 saturated heterocycles. The van der Waals surface area contributed by atoms with Gasteiger partial charge in [0.05, 0.1) is 17.8 Å². The van der Waals surface area contributed by atoms with Crippen LogP contribution < -0.4 is 9.64 Å². The molecular formula is C29H24F3N3O. The largest absolute Gasteiger partial charge is 0.457 e. The summed E-state index contributed by atoms with van der Waals surface area (Å²) in [5, 5.41) is 4.88. The monoisotopic (exact) mass is 487 g/mol. The number of aromatic nitrogens is 2. The lowest BCUT2D eigenvalue weighted by Crippen LogP contribution is -2.08. The number of fused-ring (bicyclic) bond motifs is 1. The summed E-state index contributed by atoms with van der Waals surface area (Å²) in [5.41, 5.74) is 2.44. The molecule has 1 heterocycles. The molecular weight excluding hydrogens is 463 g/mol. The third-order valence-electron chi connectivity index (χ3n) is 5.93. The first-order valence-corrected chi connectivity index (χ1v) is 11.5. The lowest BCUT2D eigenvalue weighted by Gasteiger charge is -2.14. The number of anilines is 1. The lowest BCUT2D eigenvalue weighted by molar-refractivity contribution is -0.136. The van der Waals surface area contributed by atoms with Crippen molar-refractivity contribution in [2.75, 3.05) is 19.0 Å². The Labute approximate surface area is 207 Å². The molecule has 0 amide bonds. The van der Waals surface area contributed by atoms with Crippen molar-refractivity contribution in [3.05, 3.63) is 108 Å². The molecule has 7 heteroatoms. The molecule has 36 heavy (non-hydrogen) atoms. The van der Waals surface area contributed by atoms with Gasteiger partial charge in [0.15, 0.2) is 0 Å². The molecule has 0 spiro atoms. The van der Waals surface area contributed by atoms with Crippen molar-refractivity contribution in [1.82, 2.24) is 9.78 Å². The van der Waals surface area contributed by atoms with E-state index in [1.807, 2.05) is 97.9 Å². The maximum atomic E-state index is 13.8. The average Bonchev–Trinajstić information content (AvgIpc) is 3.22. The number of hydrogen-bond acceptors (Lipinski definition) is 3. The summed E-state index contributed by atoms with van der Waals surface area (Å²) in [6, 6.07) is 28.8. The molecule has 4 nitrogen and oxygen atoms in total. The van der Waals surface area contributed by atoms with E-state index in [2.05, 4.69) is 5.10 Å². The van der Waals surface area contributed by atoms with E-state index in [0.717, 1.165) is 17.3 Å². The standard InChI is InChI=1S/C29H24F3N3O/c1-34(2)22-12-7-14-24(18-22)36-23-13-6-11-21(17-23)28-25-15-8-16-26(29(30,31)32)27(25)33-35(28)19-20-9-4-3-5-10-20/h3-18H,19H2,1-2H3. The summed E-state index contributed by atoms with van der Waals surface area (Å²) >= 11 is 0. The number of nitrogens with zero attached hydrogens (tertiary/aromatic N) is 3. The maximum absolute atomic E-state index is 13.8. The average molecular weight is 488 g/mol. The zero-order valence-electron chi connectivity index (χ0n) is 19.8. The summed E-state index contributed by atoms with van der Waals surface area (Å²) in [5.74, 6) is 1.25. The highest BCUT2D eigenvalue weighted by Crippen LogP contribution is 2.39. The molecule has 0 aliphatic rings. The Morgan fingerprint density at radius 1 is 0.806 bits per heavy atom. The van der Waals surface area contributed by atoms with Gasteiger partial charge in [-0.3, -0.25) is 4.68 Å². The van der Waals surface area contributed by atoms with Crippen LogP contribution in [0.3, 0.4) is 0 Å². The van der Waals surface area contributed by atoms with Crippen LogP contribution in [-0.2, 0) is 12.7 Å². The molecule has 0 fully saturated rings. The zero-order valence-corrected chi connectivity index (χ0v) is 19.8. The maximum Gasteiger partial charge on any atom is 0.418 e. The number of halogens is 3. The van der Waals surface area contributed by atoms with Crippen molar-refractivity contribution < 1.29 is 17.9 Å². The normalized spacial score (nSPS) is 11.6. The van der Waals surface area contributed by atoms with Crippen molar-refractivity contribution in [2.45, 2.75) is 12.7 Å². The fourth-order valence-electron chi connectivity index (χ4n) is 4.22. The van der Waals surface area contributed by atoms with Crippen molar-refractivity contribution in [3.8, 4) is 22.8 Å². The highest BCUT2D eigenvalue weighted by molar-refractivity contribution is 5.95. The third-order valence-corrected chi connectivity index (χ3v) is 5.93. The van der Waals surface area contributed by atoms with Gasteiger partial charge >= 0.3 is 6.18 Å². The summed E-state index contributed by atoms with van der Waals surface area (Å²) in [4.78, 5) is 1.98. The molecule has 5 aromatic rings. The van der Waals surface area contributed by atoms with Gasteiger partial charge in [0.1, 0.15) is 17.0 Å². The van der Waals surface area contributed by atoms with Crippen LogP contribution in [0.1, 0.15) is 11.1 Å². The van der Waals surface area contributed by atoms with Gasteiger partial charge in [-0.15, -0.1) is 0 Å². The van der Waals surface area contributed by atoms with E-state index in [-0.39, 0.29) is 5.52 Å². The molecule has 0 saturated carbocycles. The second-order valence-electron chi connectivity index (χ2n) is 8.71. The second kappa shape index (κ2) is 9.41. The van der Waals surface area contributed by atoms with Gasteiger partial charge in [0.25, 0.3) is 0 Å². The summed E-state index contributed by atoms with van der Waals surface area (Å²) < 4.78 is 49.2. The fourth-order valence-corrected chi connectivity index (χ4v) is 4.22. The van der Waals surface area contributed by atoms with Crippen molar-refractivity contribution in [2.24, 2.45) is 0 Å². The number of rotatable bonds is 6. The van der Waals surface area contributed by atoms with Crippen LogP contribution in [-0.4, -0.2) is 23.9 Å². The van der Waals surface area contributed by atoms with E-state index in [0.29, 0.717) is 34.7 Å². The van der Waals surface area contributed by atoms with Gasteiger partial charge in [-0.2, -0.15) is 18.3 Å². The minimum Gasteiger partial charge on any atom is -0.457 e. The van der Waals surface area contributed by atoms with E-state index in [1.54, 1.807) is 10.7 Å². The molecule has 182 valence electrons. The highest BCUT2D eigenvalue weighted by atomic mass is 19.4. The minimum atomic E-state index is -4.51. The van der Waals surface area contributed by atoms with E-state index in [9.17, 15) is 13.2 Å². The summed E-state index contributed by atoms with van der Waals surface area (Å²) in [6.45, 7) is 0.331. The Morgan fingerprint density at radius 2 is 1.50 bits per heavy atom. The molecule has 0 aliphatic carbocycles. The minimum absolute atomic E-state index is 0.0686. The van der Waals surface area contributed by atoms with Gasteiger partial charge < -0.3 is 9.64 Å². The number of hydrogen-bond donors (Lipinski definition) is 0. The molecule has 4 aromatic carbocycles. The van der Waals surface area contributed by atoms with Crippen LogP contribution in [0.25, 0.3) is 22.2 Å². The Bertz CT molecular complexity index is 1510. The summed E-state index contributed by atoms with van der Waals surface area (Å²) in [7, 11) is 3.90. The van der Waals surface area contributed by atoms with Crippen LogP contribution in [0, 0.1) is 0 Å². The first-order valence-electron chi connectivity index (χ1n) is 11.5.